The number of rotatable bonds is 6. The minimum absolute atomic E-state index is 0.0894. The van der Waals surface area contributed by atoms with Gasteiger partial charge in [0.05, 0.1) is 6.26 Å². The molecule has 0 unspecified atom stereocenters. The maximum atomic E-state index is 12.2. The van der Waals surface area contributed by atoms with Crippen molar-refractivity contribution in [1.82, 2.24) is 14.8 Å². The Bertz CT molecular complexity index is 812. The first kappa shape index (κ1) is 16.4. The van der Waals surface area contributed by atoms with Crippen LogP contribution >= 0.6 is 15.9 Å². The molecule has 0 atom stereocenters. The number of aromatic nitrogens is 3. The second-order valence-electron chi connectivity index (χ2n) is 4.95. The van der Waals surface area contributed by atoms with Crippen LogP contribution in [-0.4, -0.2) is 34.4 Å². The molecule has 0 aliphatic heterocycles. The number of nitrogens with zero attached hydrogens (tertiary/aromatic N) is 3. The Balaban J connectivity index is 1.84. The first-order chi connectivity index (χ1) is 11.7. The average molecular weight is 391 g/mol. The number of anilines is 1. The minimum atomic E-state index is -0.318. The fourth-order valence-electron chi connectivity index (χ4n) is 2.08. The molecule has 0 radical (unpaired) electrons. The monoisotopic (exact) mass is 390 g/mol. The van der Waals surface area contributed by atoms with Crippen LogP contribution in [0.3, 0.4) is 0 Å². The lowest BCUT2D eigenvalue weighted by Crippen LogP contribution is -2.20. The van der Waals surface area contributed by atoms with Gasteiger partial charge in [-0.25, -0.2) is 0 Å². The zero-order valence-corrected chi connectivity index (χ0v) is 14.5. The summed E-state index contributed by atoms with van der Waals surface area (Å²) in [6, 6.07) is 11.3. The van der Waals surface area contributed by atoms with Gasteiger partial charge >= 0.3 is 0 Å². The van der Waals surface area contributed by atoms with E-state index in [-0.39, 0.29) is 12.5 Å². The molecule has 1 aromatic carbocycles. The Morgan fingerprint density at radius 3 is 2.79 bits per heavy atom. The highest BCUT2D eigenvalue weighted by molar-refractivity contribution is 9.10. The highest BCUT2D eigenvalue weighted by atomic mass is 79.9. The SMILES string of the molecule is COCC(=O)n1nc(-c2ccco2)nc1NCc1ccc(Br)cc1. The van der Waals surface area contributed by atoms with Crippen molar-refractivity contribution in [1.29, 1.82) is 0 Å². The molecule has 0 bridgehead atoms. The molecular formula is C16H15BrN4O3. The molecule has 0 saturated heterocycles. The summed E-state index contributed by atoms with van der Waals surface area (Å²) < 4.78 is 12.4. The van der Waals surface area contributed by atoms with E-state index >= 15 is 0 Å². The van der Waals surface area contributed by atoms with E-state index in [1.54, 1.807) is 12.1 Å². The van der Waals surface area contributed by atoms with E-state index in [1.165, 1.54) is 18.1 Å². The number of halogens is 1. The highest BCUT2D eigenvalue weighted by Gasteiger charge is 2.18. The predicted octanol–water partition coefficient (Wildman–Crippen LogP) is 3.20. The quantitative estimate of drug-likeness (QED) is 0.695. The van der Waals surface area contributed by atoms with E-state index in [0.717, 1.165) is 10.0 Å². The van der Waals surface area contributed by atoms with Gasteiger partial charge in [0.15, 0.2) is 5.76 Å². The van der Waals surface area contributed by atoms with Crippen LogP contribution in [0.1, 0.15) is 10.4 Å². The fraction of sp³-hybridized carbons (Fsp3) is 0.188. The van der Waals surface area contributed by atoms with Crippen molar-refractivity contribution in [2.45, 2.75) is 6.54 Å². The van der Waals surface area contributed by atoms with E-state index in [1.807, 2.05) is 24.3 Å². The summed E-state index contributed by atoms with van der Waals surface area (Å²) in [7, 11) is 1.46. The van der Waals surface area contributed by atoms with Gasteiger partial charge in [-0.1, -0.05) is 28.1 Å². The maximum absolute atomic E-state index is 12.2. The smallest absolute Gasteiger partial charge is 0.276 e. The summed E-state index contributed by atoms with van der Waals surface area (Å²) in [4.78, 5) is 16.5. The van der Waals surface area contributed by atoms with Crippen LogP contribution in [0, 0.1) is 0 Å². The molecule has 1 N–H and O–H groups in total. The summed E-state index contributed by atoms with van der Waals surface area (Å²) in [5.41, 5.74) is 1.05. The summed E-state index contributed by atoms with van der Waals surface area (Å²) >= 11 is 3.40. The van der Waals surface area contributed by atoms with Crippen molar-refractivity contribution in [2.75, 3.05) is 19.0 Å². The Kier molecular flexibility index (Phi) is 5.07. The van der Waals surface area contributed by atoms with Gasteiger partial charge in [-0.3, -0.25) is 4.79 Å². The van der Waals surface area contributed by atoms with Crippen molar-refractivity contribution in [2.24, 2.45) is 0 Å². The molecule has 124 valence electrons. The zero-order chi connectivity index (χ0) is 16.9. The predicted molar refractivity (Wildman–Crippen MR) is 91.7 cm³/mol. The zero-order valence-electron chi connectivity index (χ0n) is 12.9. The van der Waals surface area contributed by atoms with Crippen LogP contribution in [0.4, 0.5) is 5.95 Å². The van der Waals surface area contributed by atoms with Gasteiger partial charge in [0, 0.05) is 18.1 Å². The summed E-state index contributed by atoms with van der Waals surface area (Å²) in [5.74, 6) is 0.848. The molecule has 7 nitrogen and oxygen atoms in total. The third-order valence-electron chi connectivity index (χ3n) is 3.22. The standard InChI is InChI=1S/C16H15BrN4O3/c1-23-10-14(22)21-16(18-9-11-4-6-12(17)7-5-11)19-15(20-21)13-3-2-8-24-13/h2-8H,9-10H2,1H3,(H,18,19,20). The van der Waals surface area contributed by atoms with E-state index in [4.69, 9.17) is 9.15 Å². The van der Waals surface area contributed by atoms with Gasteiger partial charge in [0.2, 0.25) is 11.8 Å². The third-order valence-corrected chi connectivity index (χ3v) is 3.75. The van der Waals surface area contributed by atoms with Gasteiger partial charge in [-0.15, -0.1) is 5.10 Å². The molecule has 0 fully saturated rings. The number of furan rings is 1. The third kappa shape index (κ3) is 3.72. The number of nitrogens with one attached hydrogen (secondary N) is 1. The Labute approximate surface area is 146 Å². The van der Waals surface area contributed by atoms with Crippen molar-refractivity contribution < 1.29 is 13.9 Å². The number of carbonyl (C=O) groups is 1. The molecule has 0 spiro atoms. The Morgan fingerprint density at radius 2 is 2.12 bits per heavy atom. The van der Waals surface area contributed by atoms with Crippen molar-refractivity contribution in [3.63, 3.8) is 0 Å². The summed E-state index contributed by atoms with van der Waals surface area (Å²) in [6.45, 7) is 0.414. The first-order valence-corrected chi connectivity index (χ1v) is 7.98. The van der Waals surface area contributed by atoms with E-state index < -0.39 is 0 Å². The molecule has 2 aromatic heterocycles. The lowest BCUT2D eigenvalue weighted by molar-refractivity contribution is 0.0748. The second-order valence-corrected chi connectivity index (χ2v) is 5.87. The molecule has 3 aromatic rings. The van der Waals surface area contributed by atoms with Crippen LogP contribution in [0.25, 0.3) is 11.6 Å². The number of hydrogen-bond acceptors (Lipinski definition) is 6. The van der Waals surface area contributed by atoms with Gasteiger partial charge in [0.25, 0.3) is 5.91 Å². The molecule has 2 heterocycles. The van der Waals surface area contributed by atoms with E-state index in [9.17, 15) is 4.79 Å². The molecule has 0 aliphatic carbocycles. The van der Waals surface area contributed by atoms with E-state index in [2.05, 4.69) is 31.3 Å². The van der Waals surface area contributed by atoms with Crippen LogP contribution < -0.4 is 5.32 Å². The maximum Gasteiger partial charge on any atom is 0.276 e. The summed E-state index contributed by atoms with van der Waals surface area (Å²) in [6.07, 6.45) is 1.53. The van der Waals surface area contributed by atoms with Gasteiger partial charge in [-0.05, 0) is 29.8 Å². The summed E-state index contributed by atoms with van der Waals surface area (Å²) in [5, 5.41) is 7.34. The first-order valence-electron chi connectivity index (χ1n) is 7.19. The van der Waals surface area contributed by atoms with Crippen molar-refractivity contribution >= 4 is 27.8 Å². The van der Waals surface area contributed by atoms with E-state index in [0.29, 0.717) is 24.1 Å². The van der Waals surface area contributed by atoms with Crippen LogP contribution in [0.5, 0.6) is 0 Å². The minimum Gasteiger partial charge on any atom is -0.461 e. The fourth-order valence-corrected chi connectivity index (χ4v) is 2.34. The number of ether oxygens (including phenoxy) is 1. The van der Waals surface area contributed by atoms with Crippen LogP contribution in [0.15, 0.2) is 51.6 Å². The molecule has 0 amide bonds. The second kappa shape index (κ2) is 7.41. The largest absolute Gasteiger partial charge is 0.461 e. The molecule has 8 heteroatoms. The highest BCUT2D eigenvalue weighted by Crippen LogP contribution is 2.19. The van der Waals surface area contributed by atoms with Crippen LogP contribution in [0.2, 0.25) is 0 Å². The Hall–Kier alpha value is -2.45. The Morgan fingerprint density at radius 1 is 1.33 bits per heavy atom. The molecule has 3 rings (SSSR count). The number of benzene rings is 1. The van der Waals surface area contributed by atoms with Gasteiger partial charge in [-0.2, -0.15) is 9.67 Å². The number of carbonyl (C=O) groups excluding carboxylic acids is 1. The van der Waals surface area contributed by atoms with Crippen molar-refractivity contribution in [3.8, 4) is 11.6 Å². The van der Waals surface area contributed by atoms with Gasteiger partial charge in [0.1, 0.15) is 6.61 Å². The topological polar surface area (TPSA) is 82.2 Å². The molecule has 0 saturated carbocycles. The molecule has 24 heavy (non-hydrogen) atoms. The average Bonchev–Trinajstić information content (AvgIpc) is 3.24. The number of methoxy groups -OCH3 is 1. The van der Waals surface area contributed by atoms with Crippen molar-refractivity contribution in [3.05, 3.63) is 52.7 Å². The molecule has 0 aliphatic rings. The lowest BCUT2D eigenvalue weighted by atomic mass is 10.2. The number of hydrogen-bond donors (Lipinski definition) is 1. The normalized spacial score (nSPS) is 10.8. The van der Waals surface area contributed by atoms with Gasteiger partial charge < -0.3 is 14.5 Å². The lowest BCUT2D eigenvalue weighted by Gasteiger charge is -2.07. The molecular weight excluding hydrogens is 376 g/mol. The van der Waals surface area contributed by atoms with Crippen LogP contribution in [-0.2, 0) is 11.3 Å².